The SMILES string of the molecule is CC(C)OCc1nc2cc(Cl)c(Cl)cc2n1CCC(=O)O. The Morgan fingerprint density at radius 2 is 2.05 bits per heavy atom. The van der Waals surface area contributed by atoms with E-state index < -0.39 is 5.97 Å². The lowest BCUT2D eigenvalue weighted by atomic mass is 10.3. The van der Waals surface area contributed by atoms with Gasteiger partial charge < -0.3 is 14.4 Å². The van der Waals surface area contributed by atoms with Crippen LogP contribution >= 0.6 is 23.2 Å². The summed E-state index contributed by atoms with van der Waals surface area (Å²) in [5.74, 6) is -0.203. The largest absolute Gasteiger partial charge is 0.481 e. The van der Waals surface area contributed by atoms with Crippen LogP contribution in [0.2, 0.25) is 10.0 Å². The minimum absolute atomic E-state index is 0.000381. The van der Waals surface area contributed by atoms with Crippen LogP contribution in [0.25, 0.3) is 11.0 Å². The van der Waals surface area contributed by atoms with Crippen LogP contribution in [0.15, 0.2) is 12.1 Å². The molecule has 0 spiro atoms. The first kappa shape index (κ1) is 16.1. The number of aryl methyl sites for hydroxylation is 1. The van der Waals surface area contributed by atoms with Gasteiger partial charge in [-0.05, 0) is 26.0 Å². The van der Waals surface area contributed by atoms with E-state index in [2.05, 4.69) is 4.98 Å². The molecule has 21 heavy (non-hydrogen) atoms. The summed E-state index contributed by atoms with van der Waals surface area (Å²) < 4.78 is 7.38. The molecule has 1 aromatic carbocycles. The number of hydrogen-bond acceptors (Lipinski definition) is 3. The highest BCUT2D eigenvalue weighted by Crippen LogP contribution is 2.28. The maximum absolute atomic E-state index is 10.8. The van der Waals surface area contributed by atoms with Gasteiger partial charge >= 0.3 is 5.97 Å². The quantitative estimate of drug-likeness (QED) is 0.876. The van der Waals surface area contributed by atoms with Crippen LogP contribution in [0.3, 0.4) is 0 Å². The van der Waals surface area contributed by atoms with E-state index in [1.54, 1.807) is 12.1 Å². The summed E-state index contributed by atoms with van der Waals surface area (Å²) in [5, 5.41) is 9.71. The standard InChI is InChI=1S/C14H16Cl2N2O3/c1-8(2)21-7-13-17-11-5-9(15)10(16)6-12(11)18(13)4-3-14(19)20/h5-6,8H,3-4,7H2,1-2H3,(H,19,20). The summed E-state index contributed by atoms with van der Waals surface area (Å²) in [7, 11) is 0. The highest BCUT2D eigenvalue weighted by Gasteiger charge is 2.14. The molecule has 0 aliphatic heterocycles. The Morgan fingerprint density at radius 1 is 1.38 bits per heavy atom. The lowest BCUT2D eigenvalue weighted by Crippen LogP contribution is -2.11. The predicted octanol–water partition coefficient (Wildman–Crippen LogP) is 3.74. The van der Waals surface area contributed by atoms with Crippen molar-refractivity contribution in [3.05, 3.63) is 28.0 Å². The van der Waals surface area contributed by atoms with Gasteiger partial charge in [-0.25, -0.2) is 4.98 Å². The molecule has 7 heteroatoms. The van der Waals surface area contributed by atoms with Gasteiger partial charge in [0.05, 0.1) is 33.6 Å². The first-order chi connectivity index (χ1) is 9.88. The third kappa shape index (κ3) is 3.87. The molecule has 0 atom stereocenters. The van der Waals surface area contributed by atoms with Crippen molar-refractivity contribution in [2.24, 2.45) is 0 Å². The zero-order valence-electron chi connectivity index (χ0n) is 11.8. The molecular formula is C14H16Cl2N2O3. The summed E-state index contributed by atoms with van der Waals surface area (Å²) in [6, 6.07) is 3.38. The zero-order chi connectivity index (χ0) is 15.6. The van der Waals surface area contributed by atoms with Crippen molar-refractivity contribution in [1.82, 2.24) is 9.55 Å². The van der Waals surface area contributed by atoms with Gasteiger partial charge in [0.2, 0.25) is 0 Å². The van der Waals surface area contributed by atoms with E-state index >= 15 is 0 Å². The number of imidazole rings is 1. The number of hydrogen-bond donors (Lipinski definition) is 1. The van der Waals surface area contributed by atoms with E-state index in [0.29, 0.717) is 34.5 Å². The van der Waals surface area contributed by atoms with Gasteiger partial charge in [0.15, 0.2) is 0 Å². The third-order valence-electron chi connectivity index (χ3n) is 2.96. The Hall–Kier alpha value is -1.30. The van der Waals surface area contributed by atoms with E-state index in [4.69, 9.17) is 33.0 Å². The van der Waals surface area contributed by atoms with Gasteiger partial charge in [-0.2, -0.15) is 0 Å². The maximum atomic E-state index is 10.8. The second-order valence-corrected chi connectivity index (χ2v) is 5.75. The number of ether oxygens (including phenoxy) is 1. The van der Waals surface area contributed by atoms with Crippen LogP contribution in [0.1, 0.15) is 26.1 Å². The zero-order valence-corrected chi connectivity index (χ0v) is 13.3. The Labute approximate surface area is 132 Å². The van der Waals surface area contributed by atoms with Crippen LogP contribution in [0.5, 0.6) is 0 Å². The molecule has 0 aliphatic carbocycles. The molecule has 0 bridgehead atoms. The average Bonchev–Trinajstić information content (AvgIpc) is 2.71. The molecule has 1 N–H and O–H groups in total. The molecule has 0 amide bonds. The Balaban J connectivity index is 2.43. The van der Waals surface area contributed by atoms with E-state index in [0.717, 1.165) is 5.52 Å². The lowest BCUT2D eigenvalue weighted by molar-refractivity contribution is -0.137. The molecule has 0 fully saturated rings. The Kier molecular flexibility index (Phi) is 5.08. The van der Waals surface area contributed by atoms with Crippen LogP contribution in [-0.2, 0) is 22.7 Å². The molecule has 0 saturated heterocycles. The number of halogens is 2. The van der Waals surface area contributed by atoms with Crippen molar-refractivity contribution in [2.45, 2.75) is 39.5 Å². The summed E-state index contributed by atoms with van der Waals surface area (Å²) >= 11 is 12.0. The van der Waals surface area contributed by atoms with Crippen LogP contribution < -0.4 is 0 Å². The Bertz CT molecular complexity index is 668. The molecule has 0 saturated carbocycles. The first-order valence-corrected chi connectivity index (χ1v) is 7.31. The van der Waals surface area contributed by atoms with Crippen LogP contribution in [0, 0.1) is 0 Å². The van der Waals surface area contributed by atoms with Gasteiger partial charge in [0.1, 0.15) is 12.4 Å². The summed E-state index contributed by atoms with van der Waals surface area (Å²) in [5.41, 5.74) is 1.44. The fourth-order valence-corrected chi connectivity index (χ4v) is 2.29. The van der Waals surface area contributed by atoms with Crippen molar-refractivity contribution in [2.75, 3.05) is 0 Å². The lowest BCUT2D eigenvalue weighted by Gasteiger charge is -2.10. The van der Waals surface area contributed by atoms with Crippen molar-refractivity contribution in [1.29, 1.82) is 0 Å². The number of carboxylic acids is 1. The fraction of sp³-hybridized carbons (Fsp3) is 0.429. The van der Waals surface area contributed by atoms with Crippen molar-refractivity contribution >= 4 is 40.2 Å². The minimum atomic E-state index is -0.868. The minimum Gasteiger partial charge on any atom is -0.481 e. The summed E-state index contributed by atoms with van der Waals surface area (Å²) in [6.45, 7) is 4.47. The normalized spacial score (nSPS) is 11.5. The van der Waals surface area contributed by atoms with Crippen molar-refractivity contribution < 1.29 is 14.6 Å². The number of rotatable bonds is 6. The number of fused-ring (bicyclic) bond motifs is 1. The smallest absolute Gasteiger partial charge is 0.305 e. The molecular weight excluding hydrogens is 315 g/mol. The Morgan fingerprint density at radius 3 is 2.67 bits per heavy atom. The van der Waals surface area contributed by atoms with Crippen molar-refractivity contribution in [3.8, 4) is 0 Å². The highest BCUT2D eigenvalue weighted by atomic mass is 35.5. The van der Waals surface area contributed by atoms with Crippen LogP contribution in [0.4, 0.5) is 0 Å². The number of aromatic nitrogens is 2. The van der Waals surface area contributed by atoms with Gasteiger partial charge in [-0.1, -0.05) is 23.2 Å². The second-order valence-electron chi connectivity index (χ2n) is 4.94. The molecule has 5 nitrogen and oxygen atoms in total. The third-order valence-corrected chi connectivity index (χ3v) is 3.69. The summed E-state index contributed by atoms with van der Waals surface area (Å²) in [6.07, 6.45) is 0.0605. The molecule has 1 aromatic heterocycles. The number of carbonyl (C=O) groups is 1. The first-order valence-electron chi connectivity index (χ1n) is 6.56. The van der Waals surface area contributed by atoms with Crippen molar-refractivity contribution in [3.63, 3.8) is 0 Å². The van der Waals surface area contributed by atoms with E-state index in [-0.39, 0.29) is 12.5 Å². The molecule has 0 aliphatic rings. The summed E-state index contributed by atoms with van der Waals surface area (Å²) in [4.78, 5) is 15.3. The fourth-order valence-electron chi connectivity index (χ4n) is 1.98. The highest BCUT2D eigenvalue weighted by molar-refractivity contribution is 6.42. The average molecular weight is 331 g/mol. The predicted molar refractivity (Wildman–Crippen MR) is 81.9 cm³/mol. The number of benzene rings is 1. The van der Waals surface area contributed by atoms with Crippen LogP contribution in [-0.4, -0.2) is 26.7 Å². The number of nitrogens with zero attached hydrogens (tertiary/aromatic N) is 2. The van der Waals surface area contributed by atoms with Gasteiger partial charge in [-0.3, -0.25) is 4.79 Å². The number of carboxylic acid groups (broad SMARTS) is 1. The van der Waals surface area contributed by atoms with Gasteiger partial charge in [0, 0.05) is 6.54 Å². The molecule has 1 heterocycles. The molecule has 114 valence electrons. The van der Waals surface area contributed by atoms with Gasteiger partial charge in [0.25, 0.3) is 0 Å². The molecule has 2 aromatic rings. The molecule has 2 rings (SSSR count). The topological polar surface area (TPSA) is 64.4 Å². The number of aliphatic carboxylic acids is 1. The van der Waals surface area contributed by atoms with E-state index in [1.165, 1.54) is 0 Å². The maximum Gasteiger partial charge on any atom is 0.305 e. The van der Waals surface area contributed by atoms with E-state index in [1.807, 2.05) is 18.4 Å². The monoisotopic (exact) mass is 330 g/mol. The molecule has 0 radical (unpaired) electrons. The molecule has 0 unspecified atom stereocenters. The van der Waals surface area contributed by atoms with Gasteiger partial charge in [-0.15, -0.1) is 0 Å². The second kappa shape index (κ2) is 6.64. The van der Waals surface area contributed by atoms with E-state index in [9.17, 15) is 4.79 Å².